The number of nitrogens with zero attached hydrogens (tertiary/aromatic N) is 3. The number of carbonyl (C=O) groups excluding carboxylic acids is 2. The summed E-state index contributed by atoms with van der Waals surface area (Å²) in [6.45, 7) is 4.77. The van der Waals surface area contributed by atoms with E-state index < -0.39 is 10.0 Å². The van der Waals surface area contributed by atoms with Gasteiger partial charge in [-0.2, -0.15) is 0 Å². The lowest BCUT2D eigenvalue weighted by Gasteiger charge is -2.43. The topological polar surface area (TPSA) is 114 Å². The van der Waals surface area contributed by atoms with Gasteiger partial charge in [-0.3, -0.25) is 10.2 Å². The molecular weight excluding hydrogens is 492 g/mol. The van der Waals surface area contributed by atoms with Crippen molar-refractivity contribution in [3.63, 3.8) is 0 Å². The van der Waals surface area contributed by atoms with Crippen molar-refractivity contribution in [1.29, 1.82) is 0 Å². The van der Waals surface area contributed by atoms with Crippen LogP contribution in [0.5, 0.6) is 0 Å². The van der Waals surface area contributed by atoms with Crippen LogP contribution in [0.1, 0.15) is 70.6 Å². The monoisotopic (exact) mass is 538 g/mol. The van der Waals surface area contributed by atoms with Crippen LogP contribution in [-0.4, -0.2) is 98.2 Å². The number of urea groups is 1. The third-order valence-electron chi connectivity index (χ3n) is 9.83. The zero-order valence-corrected chi connectivity index (χ0v) is 23.2. The summed E-state index contributed by atoms with van der Waals surface area (Å²) in [5.41, 5.74) is 3.50. The highest BCUT2D eigenvalue weighted by Gasteiger charge is 2.46. The number of rotatable bonds is 5. The van der Waals surface area contributed by atoms with Crippen LogP contribution in [-0.2, 0) is 14.8 Å². The maximum Gasteiger partial charge on any atom is 0.314 e. The van der Waals surface area contributed by atoms with Crippen molar-refractivity contribution in [3.8, 4) is 0 Å². The van der Waals surface area contributed by atoms with Gasteiger partial charge in [0.25, 0.3) is 0 Å². The molecule has 1 saturated carbocycles. The van der Waals surface area contributed by atoms with Gasteiger partial charge < -0.3 is 15.5 Å². The molecule has 3 amide bonds. The first-order valence-corrected chi connectivity index (χ1v) is 16.1. The first kappa shape index (κ1) is 27.1. The maximum absolute atomic E-state index is 13.4. The van der Waals surface area contributed by atoms with E-state index in [0.29, 0.717) is 56.5 Å². The largest absolute Gasteiger partial charge is 0.342 e. The van der Waals surface area contributed by atoms with Crippen LogP contribution < -0.4 is 16.1 Å². The Labute approximate surface area is 222 Å². The Morgan fingerprint density at radius 2 is 1.51 bits per heavy atom. The van der Waals surface area contributed by atoms with Crippen molar-refractivity contribution in [2.75, 3.05) is 46.3 Å². The van der Waals surface area contributed by atoms with Gasteiger partial charge in [-0.25, -0.2) is 22.5 Å². The minimum absolute atomic E-state index is 0.0504. The molecule has 37 heavy (non-hydrogen) atoms. The van der Waals surface area contributed by atoms with Crippen LogP contribution in [0.2, 0.25) is 0 Å². The fourth-order valence-electron chi connectivity index (χ4n) is 7.56. The summed E-state index contributed by atoms with van der Waals surface area (Å²) >= 11 is 0. The third-order valence-corrected chi connectivity index (χ3v) is 12.2. The molecule has 11 heteroatoms. The first-order chi connectivity index (χ1) is 17.9. The molecule has 0 spiro atoms. The molecule has 4 heterocycles. The summed E-state index contributed by atoms with van der Waals surface area (Å²) in [5.74, 6) is 1.48. The minimum Gasteiger partial charge on any atom is -0.342 e. The van der Waals surface area contributed by atoms with E-state index in [4.69, 9.17) is 0 Å². The zero-order valence-electron chi connectivity index (χ0n) is 22.4. The van der Waals surface area contributed by atoms with Gasteiger partial charge in [0.15, 0.2) is 0 Å². The Balaban J connectivity index is 1.11. The average Bonchev–Trinajstić information content (AvgIpc) is 3.37. The molecular formula is C26H46N6O4S. The molecule has 3 atom stereocenters. The molecule has 4 saturated heterocycles. The molecule has 5 aliphatic rings. The number of hydrazine groups is 1. The van der Waals surface area contributed by atoms with Gasteiger partial charge in [0, 0.05) is 58.4 Å². The van der Waals surface area contributed by atoms with E-state index in [1.807, 2.05) is 0 Å². The van der Waals surface area contributed by atoms with Crippen molar-refractivity contribution in [2.24, 2.45) is 17.8 Å². The molecule has 3 N–H and O–H groups in total. The van der Waals surface area contributed by atoms with E-state index in [0.717, 1.165) is 64.7 Å². The van der Waals surface area contributed by atoms with E-state index in [2.05, 4.69) is 26.0 Å². The van der Waals surface area contributed by atoms with Gasteiger partial charge in [-0.1, -0.05) is 0 Å². The second-order valence-electron chi connectivity index (χ2n) is 11.9. The van der Waals surface area contributed by atoms with E-state index >= 15 is 0 Å². The summed E-state index contributed by atoms with van der Waals surface area (Å²) in [4.78, 5) is 27.0. The molecule has 0 aromatic heterocycles. The van der Waals surface area contributed by atoms with Gasteiger partial charge in [-0.15, -0.1) is 0 Å². The SMILES string of the molecule is CNC(=O)NC1CCC(S(=O)(=O)N2CCC(C3CCN4NCC(C(=O)N5CCCCC5)C4C3)CC2)CC1. The first-order valence-electron chi connectivity index (χ1n) is 14.6. The van der Waals surface area contributed by atoms with E-state index in [-0.39, 0.29) is 29.3 Å². The van der Waals surface area contributed by atoms with E-state index in [1.165, 1.54) is 6.42 Å². The van der Waals surface area contributed by atoms with Crippen LogP contribution in [0.25, 0.3) is 0 Å². The van der Waals surface area contributed by atoms with Crippen LogP contribution in [0, 0.1) is 17.8 Å². The average molecular weight is 539 g/mol. The van der Waals surface area contributed by atoms with Crippen LogP contribution in [0.4, 0.5) is 4.79 Å². The van der Waals surface area contributed by atoms with Crippen molar-refractivity contribution in [3.05, 3.63) is 0 Å². The fraction of sp³-hybridized carbons (Fsp3) is 0.923. The number of hydrogen-bond donors (Lipinski definition) is 3. The predicted octanol–water partition coefficient (Wildman–Crippen LogP) is 1.50. The molecule has 10 nitrogen and oxygen atoms in total. The van der Waals surface area contributed by atoms with Crippen LogP contribution in [0.3, 0.4) is 0 Å². The molecule has 5 fully saturated rings. The predicted molar refractivity (Wildman–Crippen MR) is 142 cm³/mol. The standard InChI is InChI=1S/C26H46N6O4S/c1-27-26(34)29-21-5-7-22(8-6-21)37(35,36)31-14-9-19(10-15-31)20-11-16-32-24(17-20)23(18-28-32)25(33)30-12-3-2-4-13-30/h19-24,28H,2-18H2,1H3,(H2,27,29,34). The van der Waals surface area contributed by atoms with Crippen LogP contribution >= 0.6 is 0 Å². The normalized spacial score (nSPS) is 34.6. The second kappa shape index (κ2) is 11.8. The summed E-state index contributed by atoms with van der Waals surface area (Å²) in [5, 5.41) is 7.47. The molecule has 210 valence electrons. The Kier molecular flexibility index (Phi) is 8.62. The smallest absolute Gasteiger partial charge is 0.314 e. The Morgan fingerprint density at radius 3 is 2.19 bits per heavy atom. The number of piperidine rings is 3. The zero-order chi connectivity index (χ0) is 26.0. The quantitative estimate of drug-likeness (QED) is 0.489. The van der Waals surface area contributed by atoms with Crippen molar-refractivity contribution in [2.45, 2.75) is 88.0 Å². The summed E-state index contributed by atoms with van der Waals surface area (Å²) in [6.07, 6.45) is 10.1. The number of nitrogens with one attached hydrogen (secondary N) is 3. The Bertz CT molecular complexity index is 910. The fourth-order valence-corrected chi connectivity index (χ4v) is 9.57. The number of fused-ring (bicyclic) bond motifs is 1. The van der Waals surface area contributed by atoms with Crippen molar-refractivity contribution < 1.29 is 18.0 Å². The lowest BCUT2D eigenvalue weighted by molar-refractivity contribution is -0.137. The lowest BCUT2D eigenvalue weighted by Crippen LogP contribution is -2.51. The van der Waals surface area contributed by atoms with E-state index in [1.54, 1.807) is 11.4 Å². The van der Waals surface area contributed by atoms with Gasteiger partial charge >= 0.3 is 6.03 Å². The molecule has 3 unspecified atom stereocenters. The molecule has 5 rings (SSSR count). The number of likely N-dealkylation sites (tertiary alicyclic amines) is 1. The number of hydrogen-bond acceptors (Lipinski definition) is 6. The lowest BCUT2D eigenvalue weighted by atomic mass is 9.75. The Morgan fingerprint density at radius 1 is 0.838 bits per heavy atom. The number of sulfonamides is 1. The number of carbonyl (C=O) groups is 2. The van der Waals surface area contributed by atoms with Gasteiger partial charge in [0.05, 0.1) is 11.2 Å². The molecule has 4 aliphatic heterocycles. The minimum atomic E-state index is -3.31. The highest BCUT2D eigenvalue weighted by Crippen LogP contribution is 2.39. The number of amides is 3. The Hall–Kier alpha value is -1.43. The van der Waals surface area contributed by atoms with Gasteiger partial charge in [-0.05, 0) is 82.5 Å². The highest BCUT2D eigenvalue weighted by molar-refractivity contribution is 7.89. The molecule has 1 aliphatic carbocycles. The summed E-state index contributed by atoms with van der Waals surface area (Å²) in [6, 6.07) is 0.127. The summed E-state index contributed by atoms with van der Waals surface area (Å²) < 4.78 is 28.5. The molecule has 0 radical (unpaired) electrons. The van der Waals surface area contributed by atoms with Crippen molar-refractivity contribution in [1.82, 2.24) is 30.3 Å². The van der Waals surface area contributed by atoms with Crippen molar-refractivity contribution >= 4 is 22.0 Å². The van der Waals surface area contributed by atoms with Gasteiger partial charge in [0.1, 0.15) is 0 Å². The second-order valence-corrected chi connectivity index (χ2v) is 14.1. The molecule has 0 aromatic rings. The summed E-state index contributed by atoms with van der Waals surface area (Å²) in [7, 11) is -1.71. The van der Waals surface area contributed by atoms with Crippen LogP contribution in [0.15, 0.2) is 0 Å². The third kappa shape index (κ3) is 5.94. The highest BCUT2D eigenvalue weighted by atomic mass is 32.2. The molecule has 0 bridgehead atoms. The van der Waals surface area contributed by atoms with E-state index in [9.17, 15) is 18.0 Å². The van der Waals surface area contributed by atoms with Gasteiger partial charge in [0.2, 0.25) is 15.9 Å². The maximum atomic E-state index is 13.4. The molecule has 0 aromatic carbocycles.